The van der Waals surface area contributed by atoms with E-state index in [0.29, 0.717) is 12.2 Å². The molecule has 19 heavy (non-hydrogen) atoms. The van der Waals surface area contributed by atoms with Gasteiger partial charge in [0.05, 0.1) is 26.4 Å². The first-order valence-electron chi connectivity index (χ1n) is 7.80. The summed E-state index contributed by atoms with van der Waals surface area (Å²) in [6.45, 7) is 5.16. The molecule has 2 heterocycles. The van der Waals surface area contributed by atoms with E-state index in [1.54, 1.807) is 0 Å². The third-order valence-corrected chi connectivity index (χ3v) is 4.44. The average molecular weight is 270 g/mol. The van der Waals surface area contributed by atoms with E-state index in [0.717, 1.165) is 51.5 Å². The zero-order valence-corrected chi connectivity index (χ0v) is 11.7. The number of hydrogen-bond acceptors (Lipinski definition) is 4. The van der Waals surface area contributed by atoms with Gasteiger partial charge in [-0.05, 0) is 24.7 Å². The summed E-state index contributed by atoms with van der Waals surface area (Å²) in [6, 6.07) is 0. The van der Waals surface area contributed by atoms with Crippen LogP contribution in [-0.4, -0.2) is 51.8 Å². The first-order chi connectivity index (χ1) is 9.42. The van der Waals surface area contributed by atoms with Crippen LogP contribution in [0.2, 0.25) is 0 Å². The quantitative estimate of drug-likeness (QED) is 0.475. The summed E-state index contributed by atoms with van der Waals surface area (Å²) in [5, 5.41) is 0. The van der Waals surface area contributed by atoms with Crippen molar-refractivity contribution < 1.29 is 18.9 Å². The minimum atomic E-state index is 0.393. The van der Waals surface area contributed by atoms with E-state index in [9.17, 15) is 0 Å². The molecular weight excluding hydrogens is 244 g/mol. The van der Waals surface area contributed by atoms with Gasteiger partial charge in [-0.3, -0.25) is 0 Å². The van der Waals surface area contributed by atoms with E-state index >= 15 is 0 Å². The molecule has 1 saturated carbocycles. The number of ether oxygens (including phenoxy) is 4. The van der Waals surface area contributed by atoms with Gasteiger partial charge >= 0.3 is 0 Å². The monoisotopic (exact) mass is 270 g/mol. The van der Waals surface area contributed by atoms with Gasteiger partial charge in [0, 0.05) is 13.2 Å². The molecule has 4 nitrogen and oxygen atoms in total. The Hall–Kier alpha value is -0.160. The van der Waals surface area contributed by atoms with Crippen molar-refractivity contribution in [2.24, 2.45) is 11.8 Å². The maximum Gasteiger partial charge on any atom is 0.104 e. The molecule has 4 heteroatoms. The fraction of sp³-hybridized carbons (Fsp3) is 1.00. The van der Waals surface area contributed by atoms with Gasteiger partial charge in [0.25, 0.3) is 0 Å². The Kier molecular flexibility index (Phi) is 5.10. The summed E-state index contributed by atoms with van der Waals surface area (Å²) in [4.78, 5) is 0. The number of epoxide rings is 2. The summed E-state index contributed by atoms with van der Waals surface area (Å²) >= 11 is 0. The second-order valence-corrected chi connectivity index (χ2v) is 6.12. The van der Waals surface area contributed by atoms with Crippen LogP contribution in [0.1, 0.15) is 32.1 Å². The van der Waals surface area contributed by atoms with E-state index in [1.807, 2.05) is 0 Å². The van der Waals surface area contributed by atoms with Gasteiger partial charge in [0.15, 0.2) is 0 Å². The van der Waals surface area contributed by atoms with Crippen molar-refractivity contribution in [1.29, 1.82) is 0 Å². The highest BCUT2D eigenvalue weighted by Gasteiger charge is 2.28. The summed E-state index contributed by atoms with van der Waals surface area (Å²) in [5.41, 5.74) is 0. The van der Waals surface area contributed by atoms with E-state index < -0.39 is 0 Å². The molecule has 0 spiro atoms. The van der Waals surface area contributed by atoms with Crippen molar-refractivity contribution in [3.8, 4) is 0 Å². The Morgan fingerprint density at radius 2 is 1.42 bits per heavy atom. The Morgan fingerprint density at radius 1 is 0.789 bits per heavy atom. The van der Waals surface area contributed by atoms with Crippen molar-refractivity contribution in [3.63, 3.8) is 0 Å². The van der Waals surface area contributed by atoms with E-state index in [1.165, 1.54) is 32.1 Å². The third-order valence-electron chi connectivity index (χ3n) is 4.44. The molecule has 3 rings (SSSR count). The molecule has 1 aliphatic carbocycles. The normalized spacial score (nSPS) is 37.3. The summed E-state index contributed by atoms with van der Waals surface area (Å²) in [6.07, 6.45) is 7.37. The van der Waals surface area contributed by atoms with Crippen LogP contribution < -0.4 is 0 Å². The van der Waals surface area contributed by atoms with Crippen molar-refractivity contribution in [2.45, 2.75) is 44.3 Å². The van der Waals surface area contributed by atoms with Gasteiger partial charge in [-0.1, -0.05) is 19.3 Å². The Balaban J connectivity index is 1.30. The van der Waals surface area contributed by atoms with Crippen molar-refractivity contribution in [2.75, 3.05) is 39.6 Å². The predicted octanol–water partition coefficient (Wildman–Crippen LogP) is 2.01. The lowest BCUT2D eigenvalue weighted by Gasteiger charge is -2.31. The molecule has 0 bridgehead atoms. The van der Waals surface area contributed by atoms with Crippen LogP contribution >= 0.6 is 0 Å². The Morgan fingerprint density at radius 3 is 2.11 bits per heavy atom. The summed E-state index contributed by atoms with van der Waals surface area (Å²) in [7, 11) is 0. The first kappa shape index (κ1) is 13.8. The number of rotatable bonds is 9. The van der Waals surface area contributed by atoms with Crippen LogP contribution in [0.3, 0.4) is 0 Å². The largest absolute Gasteiger partial charge is 0.379 e. The predicted molar refractivity (Wildman–Crippen MR) is 71.2 cm³/mol. The van der Waals surface area contributed by atoms with Gasteiger partial charge in [-0.2, -0.15) is 0 Å². The van der Waals surface area contributed by atoms with Crippen LogP contribution in [0.15, 0.2) is 0 Å². The molecule has 3 aliphatic rings. The van der Waals surface area contributed by atoms with Gasteiger partial charge < -0.3 is 18.9 Å². The highest BCUT2D eigenvalue weighted by molar-refractivity contribution is 4.76. The molecule has 2 aliphatic heterocycles. The first-order valence-corrected chi connectivity index (χ1v) is 7.80. The maximum atomic E-state index is 5.80. The van der Waals surface area contributed by atoms with E-state index in [4.69, 9.17) is 18.9 Å². The second-order valence-electron chi connectivity index (χ2n) is 6.12. The molecule has 0 aromatic carbocycles. The molecule has 0 N–H and O–H groups in total. The summed E-state index contributed by atoms with van der Waals surface area (Å²) < 4.78 is 21.8. The van der Waals surface area contributed by atoms with Gasteiger partial charge in [0.1, 0.15) is 12.2 Å². The Labute approximate surface area is 115 Å². The van der Waals surface area contributed by atoms with Crippen LogP contribution in [0.25, 0.3) is 0 Å². The lowest BCUT2D eigenvalue weighted by atomic mass is 9.78. The highest BCUT2D eigenvalue weighted by Crippen LogP contribution is 2.32. The highest BCUT2D eigenvalue weighted by atomic mass is 16.6. The maximum absolute atomic E-state index is 5.80. The van der Waals surface area contributed by atoms with Crippen molar-refractivity contribution >= 4 is 0 Å². The standard InChI is InChI=1S/C15H26O4/c1-2-4-13(7-17-9-15-11-19-15)12(3-1)5-6-16-8-14-10-18-14/h12-15H,1-11H2. The smallest absolute Gasteiger partial charge is 0.104 e. The molecule has 0 aromatic rings. The lowest BCUT2D eigenvalue weighted by Crippen LogP contribution is -2.26. The third kappa shape index (κ3) is 5.03. The van der Waals surface area contributed by atoms with Gasteiger partial charge in [-0.25, -0.2) is 0 Å². The fourth-order valence-corrected chi connectivity index (χ4v) is 3.01. The number of hydrogen-bond donors (Lipinski definition) is 0. The zero-order chi connectivity index (χ0) is 12.9. The SMILES string of the molecule is C1CCC(COCC2CO2)C(CCOCC2CO2)C1. The van der Waals surface area contributed by atoms with Gasteiger partial charge in [-0.15, -0.1) is 0 Å². The van der Waals surface area contributed by atoms with E-state index in [-0.39, 0.29) is 0 Å². The second kappa shape index (κ2) is 7.02. The topological polar surface area (TPSA) is 43.5 Å². The molecule has 4 atom stereocenters. The van der Waals surface area contributed by atoms with Crippen LogP contribution in [0.4, 0.5) is 0 Å². The molecule has 0 amide bonds. The molecule has 3 fully saturated rings. The minimum Gasteiger partial charge on any atom is -0.379 e. The van der Waals surface area contributed by atoms with Crippen LogP contribution in [0, 0.1) is 11.8 Å². The molecule has 0 radical (unpaired) electrons. The van der Waals surface area contributed by atoms with Crippen LogP contribution in [-0.2, 0) is 18.9 Å². The van der Waals surface area contributed by atoms with Crippen molar-refractivity contribution in [3.05, 3.63) is 0 Å². The summed E-state index contributed by atoms with van der Waals surface area (Å²) in [5.74, 6) is 1.52. The fourth-order valence-electron chi connectivity index (χ4n) is 3.01. The lowest BCUT2D eigenvalue weighted by molar-refractivity contribution is 0.0339. The molecule has 110 valence electrons. The Bertz CT molecular complexity index is 263. The van der Waals surface area contributed by atoms with Crippen LogP contribution in [0.5, 0.6) is 0 Å². The van der Waals surface area contributed by atoms with E-state index in [2.05, 4.69) is 0 Å². The molecule has 2 saturated heterocycles. The molecule has 4 unspecified atom stereocenters. The molecule has 0 aromatic heterocycles. The molecular formula is C15H26O4. The van der Waals surface area contributed by atoms with Gasteiger partial charge in [0.2, 0.25) is 0 Å². The zero-order valence-electron chi connectivity index (χ0n) is 11.7. The minimum absolute atomic E-state index is 0.393. The van der Waals surface area contributed by atoms with Crippen molar-refractivity contribution in [1.82, 2.24) is 0 Å². The average Bonchev–Trinajstić information content (AvgIpc) is 3.30.